The van der Waals surface area contributed by atoms with Gasteiger partial charge in [0.15, 0.2) is 0 Å². The SMILES string of the molecule is CN(C)Cc1nc(Cl)ccc1C1(C#N)CCOCC1. The Morgan fingerprint density at radius 3 is 2.68 bits per heavy atom. The van der Waals surface area contributed by atoms with Crippen LogP contribution in [0.4, 0.5) is 0 Å². The first-order valence-corrected chi connectivity index (χ1v) is 6.75. The van der Waals surface area contributed by atoms with E-state index < -0.39 is 5.41 Å². The summed E-state index contributed by atoms with van der Waals surface area (Å²) < 4.78 is 5.38. The lowest BCUT2D eigenvalue weighted by Gasteiger charge is -2.32. The van der Waals surface area contributed by atoms with Crippen molar-refractivity contribution in [3.63, 3.8) is 0 Å². The van der Waals surface area contributed by atoms with E-state index in [0.717, 1.165) is 11.3 Å². The molecule has 0 bridgehead atoms. The van der Waals surface area contributed by atoms with E-state index in [9.17, 15) is 5.26 Å². The topological polar surface area (TPSA) is 49.2 Å². The molecule has 1 aromatic rings. The fourth-order valence-corrected chi connectivity index (χ4v) is 2.66. The number of hydrogen-bond acceptors (Lipinski definition) is 4. The third-order valence-corrected chi connectivity index (χ3v) is 3.69. The van der Waals surface area contributed by atoms with Crippen molar-refractivity contribution in [1.29, 1.82) is 5.26 Å². The summed E-state index contributed by atoms with van der Waals surface area (Å²) >= 11 is 5.99. The van der Waals surface area contributed by atoms with Gasteiger partial charge in [-0.25, -0.2) is 4.98 Å². The molecule has 0 aliphatic carbocycles. The summed E-state index contributed by atoms with van der Waals surface area (Å²) in [6.45, 7) is 1.93. The molecule has 2 rings (SSSR count). The van der Waals surface area contributed by atoms with E-state index in [1.165, 1.54) is 0 Å². The van der Waals surface area contributed by atoms with E-state index >= 15 is 0 Å². The lowest BCUT2D eigenvalue weighted by Crippen LogP contribution is -2.34. The van der Waals surface area contributed by atoms with Crippen LogP contribution in [-0.2, 0) is 16.7 Å². The lowest BCUT2D eigenvalue weighted by molar-refractivity contribution is 0.0670. The van der Waals surface area contributed by atoms with Crippen molar-refractivity contribution in [1.82, 2.24) is 9.88 Å². The minimum absolute atomic E-state index is 0.473. The van der Waals surface area contributed by atoms with Gasteiger partial charge in [0.2, 0.25) is 0 Å². The molecule has 0 radical (unpaired) electrons. The Morgan fingerprint density at radius 2 is 2.11 bits per heavy atom. The Labute approximate surface area is 118 Å². The zero-order valence-electron chi connectivity index (χ0n) is 11.3. The Morgan fingerprint density at radius 1 is 1.42 bits per heavy atom. The van der Waals surface area contributed by atoms with Gasteiger partial charge in [0.05, 0.1) is 17.2 Å². The highest BCUT2D eigenvalue weighted by atomic mass is 35.5. The van der Waals surface area contributed by atoms with Crippen molar-refractivity contribution in [2.24, 2.45) is 0 Å². The molecule has 1 saturated heterocycles. The molecule has 1 aliphatic rings. The molecule has 0 aromatic carbocycles. The molecule has 1 aromatic heterocycles. The molecule has 4 nitrogen and oxygen atoms in total. The predicted octanol–water partition coefficient (Wildman–Crippen LogP) is 2.37. The van der Waals surface area contributed by atoms with E-state index in [4.69, 9.17) is 16.3 Å². The fourth-order valence-electron chi connectivity index (χ4n) is 2.49. The normalized spacial score (nSPS) is 18.3. The van der Waals surface area contributed by atoms with Gasteiger partial charge in [-0.2, -0.15) is 5.26 Å². The van der Waals surface area contributed by atoms with Gasteiger partial charge >= 0.3 is 0 Å². The summed E-state index contributed by atoms with van der Waals surface area (Å²) in [6, 6.07) is 6.20. The molecule has 0 spiro atoms. The summed E-state index contributed by atoms with van der Waals surface area (Å²) in [4.78, 5) is 6.45. The van der Waals surface area contributed by atoms with Crippen LogP contribution in [0.25, 0.3) is 0 Å². The van der Waals surface area contributed by atoms with Gasteiger partial charge in [0.1, 0.15) is 5.15 Å². The molecule has 0 amide bonds. The first-order valence-electron chi connectivity index (χ1n) is 6.37. The van der Waals surface area contributed by atoms with E-state index in [2.05, 4.69) is 11.1 Å². The maximum absolute atomic E-state index is 9.64. The number of nitrogens with zero attached hydrogens (tertiary/aromatic N) is 3. The van der Waals surface area contributed by atoms with Crippen molar-refractivity contribution >= 4 is 11.6 Å². The van der Waals surface area contributed by atoms with Crippen molar-refractivity contribution in [3.8, 4) is 6.07 Å². The van der Waals surface area contributed by atoms with Crippen LogP contribution >= 0.6 is 11.6 Å². The first-order chi connectivity index (χ1) is 9.07. The van der Waals surface area contributed by atoms with Crippen molar-refractivity contribution < 1.29 is 4.74 Å². The van der Waals surface area contributed by atoms with Crippen LogP contribution < -0.4 is 0 Å². The molecule has 0 atom stereocenters. The van der Waals surface area contributed by atoms with Crippen LogP contribution in [0.5, 0.6) is 0 Å². The Balaban J connectivity index is 2.44. The number of ether oxygens (including phenoxy) is 1. The molecule has 1 aliphatic heterocycles. The third-order valence-electron chi connectivity index (χ3n) is 3.48. The molecular formula is C14H18ClN3O. The van der Waals surface area contributed by atoms with Gasteiger partial charge < -0.3 is 9.64 Å². The molecule has 0 unspecified atom stereocenters. The quantitative estimate of drug-likeness (QED) is 0.797. The van der Waals surface area contributed by atoms with Gasteiger partial charge in [-0.15, -0.1) is 0 Å². The van der Waals surface area contributed by atoms with Gasteiger partial charge in [0, 0.05) is 19.8 Å². The van der Waals surface area contributed by atoms with Crippen LogP contribution in [0.15, 0.2) is 12.1 Å². The number of halogens is 1. The van der Waals surface area contributed by atoms with Gasteiger partial charge in [0.25, 0.3) is 0 Å². The Bertz CT molecular complexity index is 490. The Kier molecular flexibility index (Phi) is 4.41. The number of pyridine rings is 1. The molecule has 0 saturated carbocycles. The summed E-state index contributed by atoms with van der Waals surface area (Å²) in [5.41, 5.74) is 1.40. The van der Waals surface area contributed by atoms with Crippen LogP contribution in [0, 0.1) is 11.3 Å². The van der Waals surface area contributed by atoms with E-state index in [-0.39, 0.29) is 0 Å². The van der Waals surface area contributed by atoms with E-state index in [1.807, 2.05) is 25.1 Å². The number of nitriles is 1. The average Bonchev–Trinajstić information content (AvgIpc) is 2.39. The third kappa shape index (κ3) is 3.06. The highest BCUT2D eigenvalue weighted by Gasteiger charge is 2.37. The van der Waals surface area contributed by atoms with Crippen LogP contribution in [-0.4, -0.2) is 37.2 Å². The van der Waals surface area contributed by atoms with Crippen molar-refractivity contribution in [3.05, 3.63) is 28.5 Å². The smallest absolute Gasteiger partial charge is 0.129 e. The second-order valence-corrected chi connectivity index (χ2v) is 5.56. The van der Waals surface area contributed by atoms with E-state index in [1.54, 1.807) is 6.07 Å². The number of aromatic nitrogens is 1. The minimum atomic E-state index is -0.485. The molecular weight excluding hydrogens is 262 g/mol. The monoisotopic (exact) mass is 279 g/mol. The second kappa shape index (κ2) is 5.87. The molecule has 0 N–H and O–H groups in total. The summed E-state index contributed by atoms with van der Waals surface area (Å²) in [5.74, 6) is 0. The van der Waals surface area contributed by atoms with E-state index in [0.29, 0.717) is 37.8 Å². The maximum atomic E-state index is 9.64. The summed E-state index contributed by atoms with van der Waals surface area (Å²) in [7, 11) is 3.96. The summed E-state index contributed by atoms with van der Waals surface area (Å²) in [5, 5.41) is 10.1. The second-order valence-electron chi connectivity index (χ2n) is 5.17. The standard InChI is InChI=1S/C14H18ClN3O/c1-18(2)9-12-11(3-4-13(15)17-12)14(10-16)5-7-19-8-6-14/h3-4H,5-9H2,1-2H3. The zero-order valence-corrected chi connectivity index (χ0v) is 12.1. The molecule has 5 heteroatoms. The van der Waals surface area contributed by atoms with Crippen LogP contribution in [0.3, 0.4) is 0 Å². The van der Waals surface area contributed by atoms with Crippen LogP contribution in [0.1, 0.15) is 24.1 Å². The number of hydrogen-bond donors (Lipinski definition) is 0. The highest BCUT2D eigenvalue weighted by Crippen LogP contribution is 2.36. The fraction of sp³-hybridized carbons (Fsp3) is 0.571. The van der Waals surface area contributed by atoms with Crippen molar-refractivity contribution in [2.45, 2.75) is 24.8 Å². The first kappa shape index (κ1) is 14.3. The highest BCUT2D eigenvalue weighted by molar-refractivity contribution is 6.29. The zero-order chi connectivity index (χ0) is 13.9. The molecule has 102 valence electrons. The summed E-state index contributed by atoms with van der Waals surface area (Å²) in [6.07, 6.45) is 1.43. The average molecular weight is 280 g/mol. The van der Waals surface area contributed by atoms with Gasteiger partial charge in [-0.1, -0.05) is 17.7 Å². The lowest BCUT2D eigenvalue weighted by atomic mass is 9.74. The van der Waals surface area contributed by atoms with Crippen LogP contribution in [0.2, 0.25) is 5.15 Å². The molecule has 19 heavy (non-hydrogen) atoms. The Hall–Kier alpha value is -1.15. The van der Waals surface area contributed by atoms with Gasteiger partial charge in [-0.05, 0) is 38.6 Å². The molecule has 1 fully saturated rings. The molecule has 2 heterocycles. The van der Waals surface area contributed by atoms with Crippen molar-refractivity contribution in [2.75, 3.05) is 27.3 Å². The number of rotatable bonds is 3. The van der Waals surface area contributed by atoms with Gasteiger partial charge in [-0.3, -0.25) is 0 Å². The maximum Gasteiger partial charge on any atom is 0.129 e. The minimum Gasteiger partial charge on any atom is -0.381 e. The largest absolute Gasteiger partial charge is 0.381 e. The predicted molar refractivity (Wildman–Crippen MR) is 74.0 cm³/mol.